The van der Waals surface area contributed by atoms with E-state index in [9.17, 15) is 49.8 Å². The van der Waals surface area contributed by atoms with E-state index < -0.39 is 119 Å². The van der Waals surface area contributed by atoms with Crippen molar-refractivity contribution in [3.05, 3.63) is 156 Å². The molecule has 21 heteroatoms. The third kappa shape index (κ3) is 8.99. The number of rotatable bonds is 12. The Labute approximate surface area is 477 Å². The number of nitrogens with zero attached hydrogens (tertiary/aromatic N) is 4. The van der Waals surface area contributed by atoms with Crippen molar-refractivity contribution in [2.24, 2.45) is 43.6 Å². The van der Waals surface area contributed by atoms with Crippen molar-refractivity contribution in [1.82, 2.24) is 10.7 Å². The maximum atomic E-state index is 14.3. The second-order valence-electron chi connectivity index (χ2n) is 22.3. The summed E-state index contributed by atoms with van der Waals surface area (Å²) >= 11 is 0. The van der Waals surface area contributed by atoms with Crippen LogP contribution in [0.3, 0.4) is 0 Å². The zero-order chi connectivity index (χ0) is 59.4. The Kier molecular flexibility index (Phi) is 14.5. The molecule has 2 fully saturated rings. The van der Waals surface area contributed by atoms with Crippen molar-refractivity contribution >= 4 is 46.3 Å². The Balaban J connectivity index is 0.945. The first-order valence-corrected chi connectivity index (χ1v) is 27.6. The van der Waals surface area contributed by atoms with Crippen molar-refractivity contribution in [1.29, 1.82) is 0 Å². The molecule has 1 amide bonds. The van der Waals surface area contributed by atoms with Crippen molar-refractivity contribution in [3.8, 4) is 17.2 Å². The van der Waals surface area contributed by atoms with E-state index >= 15 is 0 Å². The number of aliphatic hydroxyl groups excluding tert-OH is 3. The van der Waals surface area contributed by atoms with Crippen LogP contribution in [0.4, 0.5) is 0 Å². The Morgan fingerprint density at radius 3 is 2.39 bits per heavy atom. The SMILES string of the molecule is C=CC1=C(C)C2=NC1=CC1=NC(=CC3=C(C)C4=C(O)C(C(=O)OC)C(=C5NC(=C2)[C@H](C)[C@@H]5CCC(=O)N/N=C(/CO)[C@]2(O)Cc5c(O)c6c(c(O)c5[C@@H](O[C@H]5C[C@H](N)[C@H](O)[C@H](C)O5)C2)C(=O)c2c(OC)cccc2C6=O)C4=N3)C(CC)=C1C. The molecule has 9 aliphatic rings. The lowest BCUT2D eigenvalue weighted by Crippen LogP contribution is -2.53. The summed E-state index contributed by atoms with van der Waals surface area (Å²) < 4.78 is 23.1. The van der Waals surface area contributed by atoms with Gasteiger partial charge in [-0.25, -0.2) is 20.4 Å². The van der Waals surface area contributed by atoms with Crippen molar-refractivity contribution in [2.75, 3.05) is 20.8 Å². The van der Waals surface area contributed by atoms with Crippen LogP contribution >= 0.6 is 0 Å². The summed E-state index contributed by atoms with van der Waals surface area (Å²) in [4.78, 5) is 71.9. The van der Waals surface area contributed by atoms with Gasteiger partial charge in [-0.1, -0.05) is 38.6 Å². The van der Waals surface area contributed by atoms with Crippen LogP contribution in [0.5, 0.6) is 17.2 Å². The Bertz CT molecular complexity index is 3720. The van der Waals surface area contributed by atoms with Crippen molar-refractivity contribution in [2.45, 2.75) is 116 Å². The molecule has 0 radical (unpaired) electrons. The normalized spacial score (nSPS) is 28.1. The molecule has 1 unspecified atom stereocenters. The molecular weight excluding hydrogens is 1070 g/mol. The number of esters is 1. The number of aromatic hydroxyl groups is 2. The van der Waals surface area contributed by atoms with Gasteiger partial charge < -0.3 is 60.6 Å². The minimum absolute atomic E-state index is 0.0568. The molecule has 6 heterocycles. The van der Waals surface area contributed by atoms with Gasteiger partial charge in [0.25, 0.3) is 0 Å². The van der Waals surface area contributed by atoms with Crippen LogP contribution in [-0.4, -0.2) is 128 Å². The molecule has 11 rings (SSSR count). The lowest BCUT2D eigenvalue weighted by Gasteiger charge is -2.43. The number of methoxy groups -OCH3 is 2. The van der Waals surface area contributed by atoms with Gasteiger partial charge in [0, 0.05) is 88.4 Å². The molecule has 10 N–H and O–H groups in total. The minimum Gasteiger partial charge on any atom is -0.510 e. The average molecular weight is 1130 g/mol. The van der Waals surface area contributed by atoms with E-state index in [0.29, 0.717) is 63.0 Å². The molecule has 432 valence electrons. The smallest absolute Gasteiger partial charge is 0.321 e. The third-order valence-corrected chi connectivity index (χ3v) is 17.7. The Morgan fingerprint density at radius 2 is 1.70 bits per heavy atom. The number of benzene rings is 2. The first-order valence-electron chi connectivity index (χ1n) is 27.6. The van der Waals surface area contributed by atoms with E-state index in [-0.39, 0.29) is 58.9 Å². The highest BCUT2D eigenvalue weighted by Gasteiger charge is 2.52. The number of fused-ring (bicyclic) bond motifs is 8. The summed E-state index contributed by atoms with van der Waals surface area (Å²) in [6.45, 7) is 14.6. The standard InChI is InChI=1S/C62H65N7O14/c1-10-29-24(3)35-18-37-26(5)31(53(66-37)49-52(61(78)81-9)58(75)46-27(6)38(67-54(46)49)20-40-30(11-2)25(4)36(65-40)19-39(29)64-35)15-16-44(71)69-68-43(23-70)62(79)21-33-48(42(22-62)83-45-17-34(63)55(72)28(7)82-45)60(77)51-50(57(33)74)56(73)32-13-12-14-41(80-8)47(32)59(51)76/h10,12-14,18-20,26,28,31,34,42,45,52,55,66,70,72,74-75,77,79H,1,11,15-17,21-23,63H2,2-9H3,(H,69,71)/b37-18?,39-19?,40-20?,53-49?,68-43-/t26-,28+,31+,34+,42+,45+,52?,55-,62+/m1/s1. The second kappa shape index (κ2) is 21.2. The van der Waals surface area contributed by atoms with Crippen LogP contribution in [0.25, 0.3) is 0 Å². The molecule has 0 spiro atoms. The van der Waals surface area contributed by atoms with E-state index in [4.69, 9.17) is 39.7 Å². The highest BCUT2D eigenvalue weighted by atomic mass is 16.7. The highest BCUT2D eigenvalue weighted by molar-refractivity contribution is 6.31. The predicted octanol–water partition coefficient (Wildman–Crippen LogP) is 5.94. The van der Waals surface area contributed by atoms with Gasteiger partial charge in [0.05, 0.1) is 95.8 Å². The van der Waals surface area contributed by atoms with E-state index in [2.05, 4.69) is 29.3 Å². The number of hydrogen-bond donors (Lipinski definition) is 9. The maximum absolute atomic E-state index is 14.3. The fraction of sp³-hybridized carbons (Fsp3) is 0.387. The molecule has 2 saturated heterocycles. The number of aliphatic hydroxyl groups is 4. The molecule has 3 aliphatic carbocycles. The zero-order valence-electron chi connectivity index (χ0n) is 47.1. The Hall–Kier alpha value is -8.18. The molecule has 9 atom stereocenters. The van der Waals surface area contributed by atoms with E-state index in [1.165, 1.54) is 32.4 Å². The number of amides is 1. The fourth-order valence-corrected chi connectivity index (χ4v) is 13.1. The average Bonchev–Trinajstić information content (AvgIpc) is 4.32. The number of carbonyl (C=O) groups excluding carboxylic acids is 4. The van der Waals surface area contributed by atoms with E-state index in [0.717, 1.165) is 28.0 Å². The molecule has 6 aliphatic heterocycles. The summed E-state index contributed by atoms with van der Waals surface area (Å²) in [5.41, 5.74) is 14.5. The molecule has 0 aromatic heterocycles. The van der Waals surface area contributed by atoms with E-state index in [1.54, 1.807) is 13.0 Å². The summed E-state index contributed by atoms with van der Waals surface area (Å²) in [7, 11) is 2.56. The van der Waals surface area contributed by atoms with E-state index in [1.807, 2.05) is 45.9 Å². The number of nitrogens with one attached hydrogen (secondary N) is 2. The van der Waals surface area contributed by atoms with Gasteiger partial charge in [0.2, 0.25) is 11.7 Å². The predicted molar refractivity (Wildman–Crippen MR) is 305 cm³/mol. The molecule has 8 bridgehead atoms. The first kappa shape index (κ1) is 56.7. The number of nitrogens with two attached hydrogens (primary N) is 1. The monoisotopic (exact) mass is 1130 g/mol. The number of hydrazone groups is 1. The lowest BCUT2D eigenvalue weighted by atomic mass is 9.71. The quantitative estimate of drug-likeness (QED) is 0.0438. The Morgan fingerprint density at radius 1 is 0.976 bits per heavy atom. The van der Waals surface area contributed by atoms with Crippen LogP contribution in [0.1, 0.15) is 123 Å². The van der Waals surface area contributed by atoms with Crippen LogP contribution in [-0.2, 0) is 30.2 Å². The summed E-state index contributed by atoms with van der Waals surface area (Å²) in [6.07, 6.45) is 2.43. The molecule has 2 aromatic rings. The van der Waals surface area contributed by atoms with Crippen molar-refractivity contribution < 1.29 is 68.8 Å². The topological polar surface area (TPSA) is 326 Å². The van der Waals surface area contributed by atoms with Gasteiger partial charge in [0.15, 0.2) is 12.1 Å². The number of ketones is 2. The number of carbonyl (C=O) groups is 4. The van der Waals surface area contributed by atoms with Crippen LogP contribution in [0, 0.1) is 17.8 Å². The van der Waals surface area contributed by atoms with Crippen LogP contribution in [0.15, 0.2) is 142 Å². The second-order valence-corrected chi connectivity index (χ2v) is 22.3. The number of aliphatic imine (C=N–C) groups is 3. The van der Waals surface area contributed by atoms with Gasteiger partial charge >= 0.3 is 5.97 Å². The minimum atomic E-state index is -2.28. The van der Waals surface area contributed by atoms with Crippen molar-refractivity contribution in [3.63, 3.8) is 0 Å². The number of hydrogen-bond acceptors (Lipinski definition) is 20. The summed E-state index contributed by atoms with van der Waals surface area (Å²) in [5.74, 6) is -6.81. The first-order chi connectivity index (χ1) is 39.6. The summed E-state index contributed by atoms with van der Waals surface area (Å²) in [6, 6.07) is 3.53. The highest BCUT2D eigenvalue weighted by Crippen LogP contribution is 2.54. The van der Waals surface area contributed by atoms with Gasteiger partial charge in [-0.3, -0.25) is 19.2 Å². The van der Waals surface area contributed by atoms with Gasteiger partial charge in [0.1, 0.15) is 34.5 Å². The third-order valence-electron chi connectivity index (χ3n) is 17.7. The number of allylic oxidation sites excluding steroid dienone is 11. The largest absolute Gasteiger partial charge is 0.510 e. The van der Waals surface area contributed by atoms with Gasteiger partial charge in [-0.2, -0.15) is 5.10 Å². The lowest BCUT2D eigenvalue weighted by molar-refractivity contribution is -0.245. The summed E-state index contributed by atoms with van der Waals surface area (Å²) in [5, 5.41) is 78.6. The number of phenolic OH excluding ortho intramolecular Hbond substituents is 2. The molecule has 0 saturated carbocycles. The maximum Gasteiger partial charge on any atom is 0.321 e. The zero-order valence-corrected chi connectivity index (χ0v) is 47.1. The number of phenols is 2. The molecule has 83 heavy (non-hydrogen) atoms. The molecule has 2 aromatic carbocycles. The van der Waals surface area contributed by atoms with Gasteiger partial charge in [-0.15, -0.1) is 0 Å². The van der Waals surface area contributed by atoms with Crippen LogP contribution < -0.4 is 21.2 Å². The molecular formula is C62H65N7O14. The number of ether oxygens (including phenoxy) is 4. The van der Waals surface area contributed by atoms with Gasteiger partial charge in [-0.05, 0) is 87.1 Å². The van der Waals surface area contributed by atoms with Crippen LogP contribution in [0.2, 0.25) is 0 Å². The molecule has 21 nitrogen and oxygen atoms in total. The fourth-order valence-electron chi connectivity index (χ4n) is 13.1.